The SMILES string of the molecule is CCc1ccc(N(C)C(=O)[C@@H](N)Cc2cc(F)cc(F)c2)cn1.S. The lowest BCUT2D eigenvalue weighted by molar-refractivity contribution is -0.119. The first-order valence-electron chi connectivity index (χ1n) is 7.33. The van der Waals surface area contributed by atoms with Crippen LogP contribution >= 0.6 is 13.5 Å². The number of likely N-dealkylation sites (N-methyl/N-ethyl adjacent to an activating group) is 1. The van der Waals surface area contributed by atoms with Crippen molar-refractivity contribution >= 4 is 25.1 Å². The van der Waals surface area contributed by atoms with Gasteiger partial charge in [0.15, 0.2) is 0 Å². The van der Waals surface area contributed by atoms with Crippen LogP contribution in [0.3, 0.4) is 0 Å². The molecule has 0 saturated heterocycles. The van der Waals surface area contributed by atoms with E-state index in [1.165, 1.54) is 17.0 Å². The molecule has 24 heavy (non-hydrogen) atoms. The van der Waals surface area contributed by atoms with E-state index < -0.39 is 17.7 Å². The van der Waals surface area contributed by atoms with Crippen LogP contribution in [0.2, 0.25) is 0 Å². The van der Waals surface area contributed by atoms with E-state index in [4.69, 9.17) is 5.73 Å². The summed E-state index contributed by atoms with van der Waals surface area (Å²) in [5.41, 5.74) is 7.77. The van der Waals surface area contributed by atoms with Crippen molar-refractivity contribution in [3.05, 3.63) is 59.4 Å². The zero-order valence-electron chi connectivity index (χ0n) is 13.6. The van der Waals surface area contributed by atoms with Gasteiger partial charge in [0.1, 0.15) is 11.6 Å². The van der Waals surface area contributed by atoms with Crippen molar-refractivity contribution in [1.82, 2.24) is 4.98 Å². The fourth-order valence-corrected chi connectivity index (χ4v) is 2.27. The molecule has 2 rings (SSSR count). The van der Waals surface area contributed by atoms with Gasteiger partial charge in [-0.3, -0.25) is 9.78 Å². The summed E-state index contributed by atoms with van der Waals surface area (Å²) in [6, 6.07) is 5.86. The molecule has 1 aromatic carbocycles. The van der Waals surface area contributed by atoms with Crippen LogP contribution in [0.4, 0.5) is 14.5 Å². The Morgan fingerprint density at radius 1 is 1.25 bits per heavy atom. The van der Waals surface area contributed by atoms with Crippen molar-refractivity contribution in [2.45, 2.75) is 25.8 Å². The number of hydrogen-bond donors (Lipinski definition) is 1. The summed E-state index contributed by atoms with van der Waals surface area (Å²) in [7, 11) is 1.59. The number of benzene rings is 1. The van der Waals surface area contributed by atoms with E-state index in [0.29, 0.717) is 11.3 Å². The second-order valence-corrected chi connectivity index (χ2v) is 5.35. The number of rotatable bonds is 5. The Labute approximate surface area is 147 Å². The molecule has 1 amide bonds. The lowest BCUT2D eigenvalue weighted by Crippen LogP contribution is -2.43. The topological polar surface area (TPSA) is 59.2 Å². The van der Waals surface area contributed by atoms with Crippen molar-refractivity contribution in [2.24, 2.45) is 5.73 Å². The number of amides is 1. The Bertz CT molecular complexity index is 674. The third-order valence-electron chi connectivity index (χ3n) is 3.58. The molecular weight excluding hydrogens is 332 g/mol. The highest BCUT2D eigenvalue weighted by molar-refractivity contribution is 7.59. The first-order chi connectivity index (χ1) is 10.9. The minimum atomic E-state index is -0.896. The minimum Gasteiger partial charge on any atom is -0.320 e. The molecule has 0 fully saturated rings. The van der Waals surface area contributed by atoms with Gasteiger partial charge in [-0.2, -0.15) is 13.5 Å². The molecule has 0 spiro atoms. The normalized spacial score (nSPS) is 11.5. The summed E-state index contributed by atoms with van der Waals surface area (Å²) in [6.07, 6.45) is 2.46. The van der Waals surface area contributed by atoms with E-state index in [2.05, 4.69) is 4.98 Å². The fraction of sp³-hybridized carbons (Fsp3) is 0.294. The molecule has 0 aliphatic heterocycles. The summed E-state index contributed by atoms with van der Waals surface area (Å²) in [4.78, 5) is 18.0. The van der Waals surface area contributed by atoms with E-state index in [1.807, 2.05) is 13.0 Å². The molecule has 1 heterocycles. The van der Waals surface area contributed by atoms with Gasteiger partial charge in [-0.05, 0) is 42.7 Å². The standard InChI is InChI=1S/C17H19F2N3O.H2S/c1-3-14-4-5-15(10-21-14)22(2)17(23)16(20)8-11-6-12(18)9-13(19)7-11;/h4-7,9-10,16H,3,8,20H2,1-2H3;1H2/t16-;/m0./s1. The summed E-state index contributed by atoms with van der Waals surface area (Å²) in [5, 5.41) is 0. The number of aromatic nitrogens is 1. The lowest BCUT2D eigenvalue weighted by Gasteiger charge is -2.21. The molecule has 0 aliphatic carbocycles. The maximum absolute atomic E-state index is 13.2. The Hall–Kier alpha value is -1.99. The number of carbonyl (C=O) groups is 1. The average molecular weight is 353 g/mol. The molecule has 0 saturated carbocycles. The number of pyridine rings is 1. The van der Waals surface area contributed by atoms with Crippen LogP contribution in [-0.4, -0.2) is 24.0 Å². The van der Waals surface area contributed by atoms with Gasteiger partial charge in [0.2, 0.25) is 5.91 Å². The van der Waals surface area contributed by atoms with Gasteiger partial charge in [-0.15, -0.1) is 0 Å². The molecule has 4 nitrogen and oxygen atoms in total. The first kappa shape index (κ1) is 20.1. The smallest absolute Gasteiger partial charge is 0.244 e. The molecular formula is C17H21F2N3OS. The number of aryl methyl sites for hydroxylation is 1. The third-order valence-corrected chi connectivity index (χ3v) is 3.58. The molecule has 0 radical (unpaired) electrons. The Morgan fingerprint density at radius 2 is 1.88 bits per heavy atom. The lowest BCUT2D eigenvalue weighted by atomic mass is 10.1. The fourth-order valence-electron chi connectivity index (χ4n) is 2.27. The average Bonchev–Trinajstić information content (AvgIpc) is 2.52. The van der Waals surface area contributed by atoms with Crippen molar-refractivity contribution in [1.29, 1.82) is 0 Å². The predicted molar refractivity (Wildman–Crippen MR) is 95.4 cm³/mol. The number of carbonyl (C=O) groups excluding carboxylic acids is 1. The van der Waals surface area contributed by atoms with Crippen LogP contribution < -0.4 is 10.6 Å². The molecule has 0 unspecified atom stereocenters. The van der Waals surface area contributed by atoms with Crippen LogP contribution in [-0.2, 0) is 17.6 Å². The van der Waals surface area contributed by atoms with Crippen molar-refractivity contribution < 1.29 is 13.6 Å². The highest BCUT2D eigenvalue weighted by Crippen LogP contribution is 2.15. The van der Waals surface area contributed by atoms with Crippen LogP contribution in [0.1, 0.15) is 18.2 Å². The largest absolute Gasteiger partial charge is 0.320 e. The zero-order valence-corrected chi connectivity index (χ0v) is 14.6. The molecule has 2 aromatic rings. The van der Waals surface area contributed by atoms with Crippen molar-refractivity contribution in [2.75, 3.05) is 11.9 Å². The third kappa shape index (κ3) is 5.01. The molecule has 0 bridgehead atoms. The molecule has 0 aliphatic rings. The number of nitrogens with two attached hydrogens (primary N) is 1. The van der Waals surface area contributed by atoms with Gasteiger partial charge < -0.3 is 10.6 Å². The maximum Gasteiger partial charge on any atom is 0.244 e. The van der Waals surface area contributed by atoms with E-state index in [-0.39, 0.29) is 25.8 Å². The quantitative estimate of drug-likeness (QED) is 0.899. The first-order valence-corrected chi connectivity index (χ1v) is 7.33. The van der Waals surface area contributed by atoms with Crippen molar-refractivity contribution in [3.8, 4) is 0 Å². The van der Waals surface area contributed by atoms with E-state index >= 15 is 0 Å². The Kier molecular flexibility index (Phi) is 7.31. The maximum atomic E-state index is 13.2. The second-order valence-electron chi connectivity index (χ2n) is 5.35. The highest BCUT2D eigenvalue weighted by Gasteiger charge is 2.20. The van der Waals surface area contributed by atoms with E-state index in [0.717, 1.165) is 18.2 Å². The number of anilines is 1. The van der Waals surface area contributed by atoms with Gasteiger partial charge in [-0.25, -0.2) is 8.78 Å². The van der Waals surface area contributed by atoms with Crippen LogP contribution in [0.5, 0.6) is 0 Å². The summed E-state index contributed by atoms with van der Waals surface area (Å²) in [6.45, 7) is 1.99. The van der Waals surface area contributed by atoms with Crippen LogP contribution in [0, 0.1) is 11.6 Å². The van der Waals surface area contributed by atoms with E-state index in [9.17, 15) is 13.6 Å². The van der Waals surface area contributed by atoms with Gasteiger partial charge in [0.05, 0.1) is 17.9 Å². The molecule has 130 valence electrons. The number of hydrogen-bond acceptors (Lipinski definition) is 3. The van der Waals surface area contributed by atoms with Crippen LogP contribution in [0.25, 0.3) is 0 Å². The van der Waals surface area contributed by atoms with Gasteiger partial charge in [0.25, 0.3) is 0 Å². The predicted octanol–water partition coefficient (Wildman–Crippen LogP) is 2.57. The number of halogens is 2. The Balaban J connectivity index is 0.00000288. The molecule has 7 heteroatoms. The zero-order chi connectivity index (χ0) is 17.0. The van der Waals surface area contributed by atoms with Gasteiger partial charge in [-0.1, -0.05) is 6.92 Å². The highest BCUT2D eigenvalue weighted by atomic mass is 32.1. The van der Waals surface area contributed by atoms with Gasteiger partial charge in [0, 0.05) is 18.8 Å². The van der Waals surface area contributed by atoms with Crippen molar-refractivity contribution in [3.63, 3.8) is 0 Å². The summed E-state index contributed by atoms with van der Waals surface area (Å²) in [5.74, 6) is -1.72. The Morgan fingerprint density at radius 3 is 2.38 bits per heavy atom. The molecule has 1 aromatic heterocycles. The van der Waals surface area contributed by atoms with Crippen LogP contribution in [0.15, 0.2) is 36.5 Å². The minimum absolute atomic E-state index is 0. The summed E-state index contributed by atoms with van der Waals surface area (Å²) < 4.78 is 26.4. The summed E-state index contributed by atoms with van der Waals surface area (Å²) >= 11 is 0. The number of nitrogens with zero attached hydrogens (tertiary/aromatic N) is 2. The molecule has 1 atom stereocenters. The molecule has 2 N–H and O–H groups in total. The van der Waals surface area contributed by atoms with Gasteiger partial charge >= 0.3 is 0 Å². The second kappa shape index (κ2) is 8.75. The van der Waals surface area contributed by atoms with E-state index in [1.54, 1.807) is 19.3 Å². The monoisotopic (exact) mass is 353 g/mol.